The van der Waals surface area contributed by atoms with Crippen LogP contribution in [0.1, 0.15) is 13.2 Å². The van der Waals surface area contributed by atoms with Gasteiger partial charge in [0.05, 0.1) is 12.7 Å². The van der Waals surface area contributed by atoms with Gasteiger partial charge in [-0.05, 0) is 11.6 Å². The SMILES string of the molecule is COC[C@@]1(N=[N+]=[N-])O[C@@H](n2ccc(N)nc2=O)[C@@H](C)[C@@H]1O. The smallest absolute Gasteiger partial charge is 0.351 e. The number of aromatic nitrogens is 2. The summed E-state index contributed by atoms with van der Waals surface area (Å²) >= 11 is 0. The highest BCUT2D eigenvalue weighted by Crippen LogP contribution is 2.41. The van der Waals surface area contributed by atoms with Gasteiger partial charge in [0.1, 0.15) is 12.0 Å². The van der Waals surface area contributed by atoms with E-state index in [4.69, 9.17) is 20.7 Å². The Hall–Kier alpha value is -2.13. The number of nitrogens with two attached hydrogens (primary N) is 1. The summed E-state index contributed by atoms with van der Waals surface area (Å²) in [5.74, 6) is -0.436. The maximum absolute atomic E-state index is 11.9. The lowest BCUT2D eigenvalue weighted by atomic mass is 9.98. The number of nitrogens with zero attached hydrogens (tertiary/aromatic N) is 5. The quantitative estimate of drug-likeness (QED) is 0.454. The molecule has 10 heteroatoms. The molecule has 0 bridgehead atoms. The molecular formula is C11H16N6O4. The maximum atomic E-state index is 11.9. The van der Waals surface area contributed by atoms with Crippen LogP contribution in [0, 0.1) is 5.92 Å². The summed E-state index contributed by atoms with van der Waals surface area (Å²) in [7, 11) is 1.39. The van der Waals surface area contributed by atoms with Gasteiger partial charge in [-0.1, -0.05) is 12.0 Å². The molecule has 1 aromatic rings. The van der Waals surface area contributed by atoms with Gasteiger partial charge in [0, 0.05) is 24.1 Å². The lowest BCUT2D eigenvalue weighted by molar-refractivity contribution is -0.131. The Labute approximate surface area is 119 Å². The topological polar surface area (TPSA) is 148 Å². The molecule has 0 amide bonds. The highest BCUT2D eigenvalue weighted by atomic mass is 16.6. The van der Waals surface area contributed by atoms with Gasteiger partial charge >= 0.3 is 5.69 Å². The number of anilines is 1. The third-order valence-corrected chi connectivity index (χ3v) is 3.43. The van der Waals surface area contributed by atoms with E-state index in [1.165, 1.54) is 23.9 Å². The first-order valence-corrected chi connectivity index (χ1v) is 6.21. The van der Waals surface area contributed by atoms with Crippen molar-refractivity contribution in [3.05, 3.63) is 33.2 Å². The van der Waals surface area contributed by atoms with Crippen LogP contribution in [0.4, 0.5) is 5.82 Å². The Morgan fingerprint density at radius 3 is 3.05 bits per heavy atom. The van der Waals surface area contributed by atoms with Gasteiger partial charge in [0.2, 0.25) is 0 Å². The minimum atomic E-state index is -1.59. The van der Waals surface area contributed by atoms with Crippen molar-refractivity contribution in [2.45, 2.75) is 25.0 Å². The van der Waals surface area contributed by atoms with Gasteiger partial charge in [-0.3, -0.25) is 4.57 Å². The first kappa shape index (κ1) is 15.3. The van der Waals surface area contributed by atoms with Crippen LogP contribution in [0.15, 0.2) is 22.2 Å². The Bertz CT molecular complexity index is 627. The van der Waals surface area contributed by atoms with E-state index in [0.29, 0.717) is 0 Å². The van der Waals surface area contributed by atoms with Crippen molar-refractivity contribution in [1.29, 1.82) is 0 Å². The van der Waals surface area contributed by atoms with E-state index in [2.05, 4.69) is 15.0 Å². The van der Waals surface area contributed by atoms with Crippen molar-refractivity contribution in [2.75, 3.05) is 19.5 Å². The molecule has 0 aromatic carbocycles. The van der Waals surface area contributed by atoms with Gasteiger partial charge < -0.3 is 20.3 Å². The lowest BCUT2D eigenvalue weighted by Gasteiger charge is -2.25. The van der Waals surface area contributed by atoms with Crippen LogP contribution in [0.5, 0.6) is 0 Å². The Kier molecular flexibility index (Phi) is 4.14. The Morgan fingerprint density at radius 1 is 1.76 bits per heavy atom. The average Bonchev–Trinajstić information content (AvgIpc) is 2.66. The number of ether oxygens (including phenoxy) is 2. The van der Waals surface area contributed by atoms with Gasteiger partial charge in [0.15, 0.2) is 5.72 Å². The van der Waals surface area contributed by atoms with Crippen molar-refractivity contribution in [3.63, 3.8) is 0 Å². The van der Waals surface area contributed by atoms with Gasteiger partial charge in [-0.15, -0.1) is 0 Å². The van der Waals surface area contributed by atoms with Gasteiger partial charge in [-0.2, -0.15) is 4.98 Å². The van der Waals surface area contributed by atoms with Crippen LogP contribution in [-0.4, -0.2) is 40.2 Å². The highest BCUT2D eigenvalue weighted by Gasteiger charge is 2.53. The normalized spacial score (nSPS) is 31.9. The van der Waals surface area contributed by atoms with Crippen LogP contribution in [0.3, 0.4) is 0 Å². The fourth-order valence-corrected chi connectivity index (χ4v) is 2.40. The largest absolute Gasteiger partial charge is 0.389 e. The first-order chi connectivity index (χ1) is 9.95. The zero-order valence-electron chi connectivity index (χ0n) is 11.6. The van der Waals surface area contributed by atoms with E-state index in [9.17, 15) is 9.90 Å². The predicted molar refractivity (Wildman–Crippen MR) is 72.0 cm³/mol. The van der Waals surface area contributed by atoms with Gasteiger partial charge in [-0.25, -0.2) is 4.79 Å². The summed E-state index contributed by atoms with van der Waals surface area (Å²) in [6.45, 7) is 1.53. The fourth-order valence-electron chi connectivity index (χ4n) is 2.40. The van der Waals surface area contributed by atoms with Crippen molar-refractivity contribution in [2.24, 2.45) is 11.0 Å². The highest BCUT2D eigenvalue weighted by molar-refractivity contribution is 5.23. The molecule has 114 valence electrons. The Balaban J connectivity index is 2.43. The molecule has 1 fully saturated rings. The van der Waals surface area contributed by atoms with E-state index in [1.807, 2.05) is 0 Å². The molecule has 3 N–H and O–H groups in total. The summed E-state index contributed by atoms with van der Waals surface area (Å²) in [6.07, 6.45) is -0.568. The maximum Gasteiger partial charge on any atom is 0.351 e. The minimum Gasteiger partial charge on any atom is -0.389 e. The molecule has 10 nitrogen and oxygen atoms in total. The summed E-state index contributed by atoms with van der Waals surface area (Å²) in [6, 6.07) is 1.44. The second kappa shape index (κ2) is 5.70. The molecule has 2 rings (SSSR count). The molecule has 1 saturated heterocycles. The second-order valence-electron chi connectivity index (χ2n) is 4.82. The van der Waals surface area contributed by atoms with Crippen molar-refractivity contribution < 1.29 is 14.6 Å². The van der Waals surface area contributed by atoms with Crippen LogP contribution in [0.25, 0.3) is 10.4 Å². The standard InChI is InChI=1S/C11H16N6O4/c1-6-8(18)11(5-20-2,15-16-13)21-9(6)17-4-3-7(12)14-10(17)19/h3-4,6,8-9,18H,5H2,1-2H3,(H2,12,14,19)/t6-,8-,9+,11+/m0/s1. The fraction of sp³-hybridized carbons (Fsp3) is 0.636. The number of aliphatic hydroxyl groups is 1. The number of aliphatic hydroxyl groups excluding tert-OH is 1. The number of methoxy groups -OCH3 is 1. The number of nitrogen functional groups attached to an aromatic ring is 1. The molecule has 1 aliphatic heterocycles. The third-order valence-electron chi connectivity index (χ3n) is 3.43. The molecule has 0 unspecified atom stereocenters. The van der Waals surface area contributed by atoms with Crippen LogP contribution < -0.4 is 11.4 Å². The zero-order valence-corrected chi connectivity index (χ0v) is 11.6. The van der Waals surface area contributed by atoms with Crippen LogP contribution >= 0.6 is 0 Å². The van der Waals surface area contributed by atoms with Gasteiger partial charge in [0.25, 0.3) is 0 Å². The molecule has 0 spiro atoms. The summed E-state index contributed by atoms with van der Waals surface area (Å²) in [5.41, 5.74) is 11.9. The summed E-state index contributed by atoms with van der Waals surface area (Å²) in [5, 5.41) is 13.8. The Morgan fingerprint density at radius 2 is 2.48 bits per heavy atom. The average molecular weight is 296 g/mol. The second-order valence-corrected chi connectivity index (χ2v) is 4.82. The summed E-state index contributed by atoms with van der Waals surface area (Å²) in [4.78, 5) is 18.2. The zero-order chi connectivity index (χ0) is 15.6. The molecule has 2 heterocycles. The predicted octanol–water partition coefficient (Wildman–Crippen LogP) is 0.00430. The first-order valence-electron chi connectivity index (χ1n) is 6.21. The molecular weight excluding hydrogens is 280 g/mol. The van der Waals surface area contributed by atoms with E-state index in [-0.39, 0.29) is 12.4 Å². The third kappa shape index (κ3) is 2.57. The number of azide groups is 1. The minimum absolute atomic E-state index is 0.0839. The van der Waals surface area contributed by atoms with Crippen molar-refractivity contribution >= 4 is 5.82 Å². The van der Waals surface area contributed by atoms with E-state index >= 15 is 0 Å². The monoisotopic (exact) mass is 296 g/mol. The van der Waals surface area contributed by atoms with E-state index in [0.717, 1.165) is 0 Å². The van der Waals surface area contributed by atoms with Crippen LogP contribution in [0.2, 0.25) is 0 Å². The molecule has 21 heavy (non-hydrogen) atoms. The molecule has 4 atom stereocenters. The molecule has 0 aliphatic carbocycles. The molecule has 1 aliphatic rings. The lowest BCUT2D eigenvalue weighted by Crippen LogP contribution is -2.43. The van der Waals surface area contributed by atoms with E-state index < -0.39 is 29.7 Å². The van der Waals surface area contributed by atoms with Crippen LogP contribution in [-0.2, 0) is 9.47 Å². The number of hydrogen-bond donors (Lipinski definition) is 2. The van der Waals surface area contributed by atoms with Crippen molar-refractivity contribution in [1.82, 2.24) is 9.55 Å². The van der Waals surface area contributed by atoms with E-state index in [1.54, 1.807) is 6.92 Å². The molecule has 0 radical (unpaired) electrons. The summed E-state index contributed by atoms with van der Waals surface area (Å²) < 4.78 is 11.8. The molecule has 0 saturated carbocycles. The number of hydrogen-bond acceptors (Lipinski definition) is 7. The number of rotatable bonds is 4. The van der Waals surface area contributed by atoms with Crippen molar-refractivity contribution in [3.8, 4) is 0 Å². The molecule has 1 aromatic heterocycles.